The molecule has 0 aliphatic heterocycles. The van der Waals surface area contributed by atoms with Crippen molar-refractivity contribution in [1.82, 2.24) is 0 Å². The van der Waals surface area contributed by atoms with Crippen molar-refractivity contribution in [3.63, 3.8) is 0 Å². The van der Waals surface area contributed by atoms with Crippen LogP contribution in [-0.4, -0.2) is 8.42 Å². The molecular weight excluding hydrogens is 383 g/mol. The normalized spacial score (nSPS) is 11.4. The van der Waals surface area contributed by atoms with Crippen LogP contribution in [0.2, 0.25) is 5.02 Å². The summed E-state index contributed by atoms with van der Waals surface area (Å²) in [5.41, 5.74) is 6.17. The Hall–Kier alpha value is -1.31. The summed E-state index contributed by atoms with van der Waals surface area (Å²) in [6.45, 7) is 1.64. The van der Waals surface area contributed by atoms with Crippen LogP contribution < -0.4 is 10.5 Å². The van der Waals surface area contributed by atoms with Crippen molar-refractivity contribution in [2.24, 2.45) is 0 Å². The lowest BCUT2D eigenvalue weighted by Crippen LogP contribution is -2.14. The molecule has 2 rings (SSSR count). The first-order valence-corrected chi connectivity index (χ1v) is 8.39. The van der Waals surface area contributed by atoms with Gasteiger partial charge in [-0.2, -0.15) is 0 Å². The van der Waals surface area contributed by atoms with Crippen molar-refractivity contribution in [3.8, 4) is 0 Å². The maximum Gasteiger partial charge on any atom is 0.262 e. The van der Waals surface area contributed by atoms with E-state index in [0.717, 1.165) is 6.07 Å². The van der Waals surface area contributed by atoms with Crippen molar-refractivity contribution < 1.29 is 12.8 Å². The van der Waals surface area contributed by atoms with Crippen LogP contribution in [0.15, 0.2) is 39.7 Å². The van der Waals surface area contributed by atoms with Gasteiger partial charge < -0.3 is 5.73 Å². The maximum absolute atomic E-state index is 13.6. The molecular formula is C13H11BrClFN2O2S. The third kappa shape index (κ3) is 3.48. The summed E-state index contributed by atoms with van der Waals surface area (Å²) in [4.78, 5) is -0.0822. The highest BCUT2D eigenvalue weighted by Crippen LogP contribution is 2.29. The highest BCUT2D eigenvalue weighted by Gasteiger charge is 2.18. The summed E-state index contributed by atoms with van der Waals surface area (Å²) in [6.07, 6.45) is 0. The van der Waals surface area contributed by atoms with E-state index < -0.39 is 15.8 Å². The fourth-order valence-corrected chi connectivity index (χ4v) is 3.35. The molecule has 0 aromatic heterocycles. The van der Waals surface area contributed by atoms with Gasteiger partial charge in [-0.15, -0.1) is 0 Å². The van der Waals surface area contributed by atoms with Gasteiger partial charge in [0, 0.05) is 4.47 Å². The molecule has 21 heavy (non-hydrogen) atoms. The van der Waals surface area contributed by atoms with E-state index in [1.807, 2.05) is 0 Å². The average Bonchev–Trinajstić information content (AvgIpc) is 2.39. The minimum absolute atomic E-state index is 0.0822. The van der Waals surface area contributed by atoms with Gasteiger partial charge in [0.1, 0.15) is 5.82 Å². The summed E-state index contributed by atoms with van der Waals surface area (Å²) in [5, 5.41) is 0.294. The zero-order valence-corrected chi connectivity index (χ0v) is 14.0. The molecule has 0 aliphatic rings. The number of nitrogens with two attached hydrogens (primary N) is 1. The second-order valence-corrected chi connectivity index (χ2v) is 7.35. The van der Waals surface area contributed by atoms with Crippen LogP contribution in [0, 0.1) is 12.7 Å². The van der Waals surface area contributed by atoms with Gasteiger partial charge in [0.25, 0.3) is 10.0 Å². The largest absolute Gasteiger partial charge is 0.397 e. The van der Waals surface area contributed by atoms with Crippen LogP contribution >= 0.6 is 27.5 Å². The molecule has 0 fully saturated rings. The molecule has 2 aromatic carbocycles. The van der Waals surface area contributed by atoms with Crippen molar-refractivity contribution >= 4 is 48.9 Å². The third-order valence-electron chi connectivity index (χ3n) is 2.74. The Labute approximate surface area is 135 Å². The number of benzene rings is 2. The second-order valence-electron chi connectivity index (χ2n) is 4.37. The van der Waals surface area contributed by atoms with Crippen molar-refractivity contribution in [3.05, 3.63) is 51.2 Å². The summed E-state index contributed by atoms with van der Waals surface area (Å²) >= 11 is 9.05. The van der Waals surface area contributed by atoms with Crippen molar-refractivity contribution in [2.45, 2.75) is 11.8 Å². The molecule has 8 heteroatoms. The number of rotatable bonds is 3. The average molecular weight is 394 g/mol. The minimum Gasteiger partial charge on any atom is -0.397 e. The Kier molecular flexibility index (Phi) is 4.46. The van der Waals surface area contributed by atoms with Crippen LogP contribution in [-0.2, 0) is 10.0 Å². The van der Waals surface area contributed by atoms with E-state index in [0.29, 0.717) is 15.1 Å². The maximum atomic E-state index is 13.6. The monoisotopic (exact) mass is 392 g/mol. The van der Waals surface area contributed by atoms with Gasteiger partial charge in [0.15, 0.2) is 0 Å². The first-order chi connectivity index (χ1) is 9.70. The molecule has 4 nitrogen and oxygen atoms in total. The van der Waals surface area contributed by atoms with Crippen molar-refractivity contribution in [1.29, 1.82) is 0 Å². The molecule has 2 aromatic rings. The number of sulfonamides is 1. The van der Waals surface area contributed by atoms with Crippen LogP contribution in [0.4, 0.5) is 15.8 Å². The first kappa shape index (κ1) is 16.1. The molecule has 112 valence electrons. The number of aryl methyl sites for hydroxylation is 1. The van der Waals surface area contributed by atoms with Crippen LogP contribution in [0.5, 0.6) is 0 Å². The zero-order chi connectivity index (χ0) is 15.8. The predicted octanol–water partition coefficient (Wildman–Crippen LogP) is 3.93. The molecule has 0 spiro atoms. The van der Waals surface area contributed by atoms with E-state index in [-0.39, 0.29) is 16.3 Å². The number of nitrogens with one attached hydrogen (secondary N) is 1. The summed E-state index contributed by atoms with van der Waals surface area (Å²) in [7, 11) is -3.96. The minimum atomic E-state index is -3.96. The van der Waals surface area contributed by atoms with Crippen LogP contribution in [0.25, 0.3) is 0 Å². The predicted molar refractivity (Wildman–Crippen MR) is 85.5 cm³/mol. The molecule has 0 saturated heterocycles. The fourth-order valence-electron chi connectivity index (χ4n) is 1.70. The lowest BCUT2D eigenvalue weighted by atomic mass is 10.2. The lowest BCUT2D eigenvalue weighted by Gasteiger charge is -2.11. The Bertz CT molecular complexity index is 789. The molecule has 0 bridgehead atoms. The Morgan fingerprint density at radius 1 is 1.29 bits per heavy atom. The molecule has 0 unspecified atom stereocenters. The standard InChI is InChI=1S/C13H11BrClFN2O2S/c1-7-4-9(6-11(17)13(7)15)21(19,20)18-12-5-8(14)2-3-10(12)16/h2-6,18H,17H2,1H3. The number of hydrogen-bond donors (Lipinski definition) is 2. The van der Waals surface area contributed by atoms with Gasteiger partial charge in [-0.25, -0.2) is 12.8 Å². The summed E-state index contributed by atoms with van der Waals surface area (Å²) in [6, 6.07) is 6.56. The van der Waals surface area contributed by atoms with E-state index in [9.17, 15) is 12.8 Å². The van der Waals surface area contributed by atoms with Gasteiger partial charge in [-0.3, -0.25) is 4.72 Å². The third-order valence-corrected chi connectivity index (χ3v) is 5.09. The van der Waals surface area contributed by atoms with Gasteiger partial charge >= 0.3 is 0 Å². The highest BCUT2D eigenvalue weighted by molar-refractivity contribution is 9.10. The molecule has 0 saturated carbocycles. The van der Waals surface area contributed by atoms with E-state index in [2.05, 4.69) is 20.7 Å². The molecule has 0 atom stereocenters. The number of halogens is 3. The first-order valence-electron chi connectivity index (χ1n) is 5.74. The second kappa shape index (κ2) is 5.82. The Balaban J connectivity index is 2.46. The van der Waals surface area contributed by atoms with E-state index >= 15 is 0 Å². The Morgan fingerprint density at radius 3 is 2.57 bits per heavy atom. The van der Waals surface area contributed by atoms with E-state index in [4.69, 9.17) is 17.3 Å². The van der Waals surface area contributed by atoms with Crippen LogP contribution in [0.1, 0.15) is 5.56 Å². The van der Waals surface area contributed by atoms with E-state index in [1.54, 1.807) is 6.92 Å². The van der Waals surface area contributed by atoms with Gasteiger partial charge in [0.05, 0.1) is 21.3 Å². The molecule has 3 N–H and O–H groups in total. The highest BCUT2D eigenvalue weighted by atomic mass is 79.9. The van der Waals surface area contributed by atoms with Gasteiger partial charge in [-0.05, 0) is 42.8 Å². The van der Waals surface area contributed by atoms with Gasteiger partial charge in [-0.1, -0.05) is 27.5 Å². The summed E-state index contributed by atoms with van der Waals surface area (Å²) < 4.78 is 41.0. The number of nitrogen functional groups attached to an aromatic ring is 1. The molecule has 0 amide bonds. The number of hydrogen-bond acceptors (Lipinski definition) is 3. The molecule has 0 aliphatic carbocycles. The molecule has 0 heterocycles. The number of anilines is 2. The smallest absolute Gasteiger partial charge is 0.262 e. The quantitative estimate of drug-likeness (QED) is 0.776. The molecule has 0 radical (unpaired) electrons. The van der Waals surface area contributed by atoms with Gasteiger partial charge in [0.2, 0.25) is 0 Å². The zero-order valence-electron chi connectivity index (χ0n) is 10.8. The van der Waals surface area contributed by atoms with Crippen molar-refractivity contribution in [2.75, 3.05) is 10.5 Å². The topological polar surface area (TPSA) is 72.2 Å². The fraction of sp³-hybridized carbons (Fsp3) is 0.0769. The Morgan fingerprint density at radius 2 is 1.95 bits per heavy atom. The lowest BCUT2D eigenvalue weighted by molar-refractivity contribution is 0.598. The van der Waals surface area contributed by atoms with E-state index in [1.165, 1.54) is 24.3 Å². The summed E-state index contributed by atoms with van der Waals surface area (Å²) in [5.74, 6) is -0.680. The SMILES string of the molecule is Cc1cc(S(=O)(=O)Nc2cc(Br)ccc2F)cc(N)c1Cl. The van der Waals surface area contributed by atoms with Crippen LogP contribution in [0.3, 0.4) is 0 Å².